The van der Waals surface area contributed by atoms with Crippen molar-refractivity contribution in [3.63, 3.8) is 0 Å². The van der Waals surface area contributed by atoms with Crippen molar-refractivity contribution < 1.29 is 15.0 Å². The fourth-order valence-electron chi connectivity index (χ4n) is 5.48. The van der Waals surface area contributed by atoms with E-state index >= 15 is 0 Å². The van der Waals surface area contributed by atoms with Crippen LogP contribution in [0.4, 0.5) is 0 Å². The zero-order valence-electron chi connectivity index (χ0n) is 27.2. The van der Waals surface area contributed by atoms with Crippen LogP contribution in [0, 0.1) is 0 Å². The summed E-state index contributed by atoms with van der Waals surface area (Å²) < 4.78 is 0. The molecule has 2 N–H and O–H groups in total. The highest BCUT2D eigenvalue weighted by atomic mass is 16.3. The number of rotatable bonds is 32. The van der Waals surface area contributed by atoms with E-state index in [1.165, 1.54) is 141 Å². The van der Waals surface area contributed by atoms with Crippen LogP contribution in [0.1, 0.15) is 187 Å². The Kier molecular flexibility index (Phi) is 31.9. The van der Waals surface area contributed by atoms with Gasteiger partial charge in [0.05, 0.1) is 12.7 Å². The molecule has 0 fully saturated rings. The number of aliphatic hydroxyl groups excluding tert-OH is 2. The molecule has 4 heteroatoms. The predicted octanol–water partition coefficient (Wildman–Crippen LogP) is 10.3. The van der Waals surface area contributed by atoms with Crippen LogP contribution in [0.5, 0.6) is 0 Å². The van der Waals surface area contributed by atoms with Gasteiger partial charge >= 0.3 is 0 Å². The summed E-state index contributed by atoms with van der Waals surface area (Å²) in [5.41, 5.74) is 0. The molecule has 0 radical (unpaired) electrons. The van der Waals surface area contributed by atoms with Gasteiger partial charge in [0.2, 0.25) is 5.91 Å². The molecule has 0 heterocycles. The minimum atomic E-state index is -0.845. The lowest BCUT2D eigenvalue weighted by Gasteiger charge is -2.24. The summed E-state index contributed by atoms with van der Waals surface area (Å²) in [7, 11) is 0. The number of allylic oxidation sites excluding steroid dienone is 2. The van der Waals surface area contributed by atoms with Crippen LogP contribution in [0.15, 0.2) is 12.2 Å². The van der Waals surface area contributed by atoms with Crippen molar-refractivity contribution in [2.75, 3.05) is 19.7 Å². The van der Waals surface area contributed by atoms with Gasteiger partial charge in [-0.3, -0.25) is 4.79 Å². The van der Waals surface area contributed by atoms with Gasteiger partial charge in [0.1, 0.15) is 0 Å². The number of unbranched alkanes of at least 4 members (excludes halogenated alkanes) is 23. The molecule has 0 aliphatic carbocycles. The molecule has 0 aliphatic rings. The van der Waals surface area contributed by atoms with Crippen molar-refractivity contribution in [2.24, 2.45) is 0 Å². The van der Waals surface area contributed by atoms with Gasteiger partial charge in [-0.25, -0.2) is 0 Å². The summed E-state index contributed by atoms with van der Waals surface area (Å²) >= 11 is 0. The molecule has 0 saturated carbocycles. The maximum Gasteiger partial charge on any atom is 0.222 e. The van der Waals surface area contributed by atoms with Crippen molar-refractivity contribution >= 4 is 5.91 Å². The Bertz CT molecular complexity index is 536. The number of hydrogen-bond donors (Lipinski definition) is 2. The zero-order valence-corrected chi connectivity index (χ0v) is 27.2. The van der Waals surface area contributed by atoms with E-state index in [4.69, 9.17) is 0 Å². The first-order valence-corrected chi connectivity index (χ1v) is 17.9. The van der Waals surface area contributed by atoms with E-state index in [-0.39, 0.29) is 19.1 Å². The molecule has 4 nitrogen and oxygen atoms in total. The number of amides is 1. The van der Waals surface area contributed by atoms with Crippen LogP contribution in [-0.4, -0.2) is 46.8 Å². The minimum Gasteiger partial charge on any atom is -0.394 e. The summed E-state index contributed by atoms with van der Waals surface area (Å²) in [6.07, 6.45) is 38.0. The van der Waals surface area contributed by atoms with E-state index in [2.05, 4.69) is 26.0 Å². The highest BCUT2D eigenvalue weighted by molar-refractivity contribution is 5.76. The molecule has 0 saturated heterocycles. The van der Waals surface area contributed by atoms with Crippen LogP contribution in [0.25, 0.3) is 0 Å². The molecule has 0 bridgehead atoms. The van der Waals surface area contributed by atoms with Crippen LogP contribution < -0.4 is 0 Å². The maximum atomic E-state index is 12.8. The molecule has 1 amide bonds. The third kappa shape index (κ3) is 28.7. The first kappa shape index (κ1) is 39.1. The fourth-order valence-corrected chi connectivity index (χ4v) is 5.48. The minimum absolute atomic E-state index is 0.103. The Balaban J connectivity index is 3.82. The van der Waals surface area contributed by atoms with Crippen molar-refractivity contribution in [2.45, 2.75) is 193 Å². The van der Waals surface area contributed by atoms with E-state index in [1.54, 1.807) is 4.90 Å². The van der Waals surface area contributed by atoms with Crippen molar-refractivity contribution in [1.29, 1.82) is 0 Å². The Morgan fingerprint density at radius 3 is 1.38 bits per heavy atom. The predicted molar refractivity (Wildman–Crippen MR) is 175 cm³/mol. The standard InChI is InChI=1S/C36H71NO3/c1-3-5-7-9-11-13-15-17-19-21-23-25-27-29-31-36(40)37(33-35(39)34-38)32-30-28-26-24-22-20-18-16-14-12-10-8-6-4-2/h25,27,35,38-39H,3-24,26,28-34H2,1-2H3. The average Bonchev–Trinajstić information content (AvgIpc) is 2.96. The van der Waals surface area contributed by atoms with Crippen molar-refractivity contribution in [3.8, 4) is 0 Å². The van der Waals surface area contributed by atoms with Gasteiger partial charge in [0.25, 0.3) is 0 Å². The largest absolute Gasteiger partial charge is 0.394 e. The highest BCUT2D eigenvalue weighted by Crippen LogP contribution is 2.14. The average molecular weight is 566 g/mol. The Morgan fingerprint density at radius 2 is 0.950 bits per heavy atom. The summed E-state index contributed by atoms with van der Waals surface area (Å²) in [5, 5.41) is 19.2. The van der Waals surface area contributed by atoms with E-state index in [0.717, 1.165) is 25.7 Å². The first-order valence-electron chi connectivity index (χ1n) is 17.9. The summed E-state index contributed by atoms with van der Waals surface area (Å²) in [5.74, 6) is 0.103. The second kappa shape index (κ2) is 32.6. The van der Waals surface area contributed by atoms with E-state index in [9.17, 15) is 15.0 Å². The molecule has 0 spiro atoms. The van der Waals surface area contributed by atoms with Gasteiger partial charge in [0, 0.05) is 19.5 Å². The molecule has 0 rings (SSSR count). The smallest absolute Gasteiger partial charge is 0.222 e. The van der Waals surface area contributed by atoms with Crippen molar-refractivity contribution in [1.82, 2.24) is 4.90 Å². The van der Waals surface area contributed by atoms with Crippen LogP contribution in [0.3, 0.4) is 0 Å². The third-order valence-electron chi connectivity index (χ3n) is 8.19. The second-order valence-corrected chi connectivity index (χ2v) is 12.3. The molecule has 0 aromatic heterocycles. The first-order chi connectivity index (χ1) is 19.7. The molecular weight excluding hydrogens is 494 g/mol. The normalized spacial score (nSPS) is 12.4. The number of carbonyl (C=O) groups is 1. The number of hydrogen-bond acceptors (Lipinski definition) is 3. The van der Waals surface area contributed by atoms with Gasteiger partial charge in [-0.2, -0.15) is 0 Å². The highest BCUT2D eigenvalue weighted by Gasteiger charge is 2.16. The monoisotopic (exact) mass is 566 g/mol. The quantitative estimate of drug-likeness (QED) is 0.0630. The molecule has 0 aliphatic heterocycles. The number of carbonyl (C=O) groups excluding carboxylic acids is 1. The van der Waals surface area contributed by atoms with Crippen molar-refractivity contribution in [3.05, 3.63) is 12.2 Å². The van der Waals surface area contributed by atoms with Crippen LogP contribution in [0.2, 0.25) is 0 Å². The molecule has 1 unspecified atom stereocenters. The molecule has 0 aromatic carbocycles. The summed E-state index contributed by atoms with van der Waals surface area (Å²) in [4.78, 5) is 14.6. The summed E-state index contributed by atoms with van der Waals surface area (Å²) in [6.45, 7) is 5.19. The maximum absolute atomic E-state index is 12.8. The Hall–Kier alpha value is -0.870. The second-order valence-electron chi connectivity index (χ2n) is 12.3. The molecule has 40 heavy (non-hydrogen) atoms. The lowest BCUT2D eigenvalue weighted by atomic mass is 10.0. The topological polar surface area (TPSA) is 60.8 Å². The van der Waals surface area contributed by atoms with Gasteiger partial charge in [0.15, 0.2) is 0 Å². The fraction of sp³-hybridized carbons (Fsp3) is 0.917. The SMILES string of the molecule is CCCCCCCCCCCCC=CCCC(=O)N(CCCCCCCCCCCCCCCC)CC(O)CO. The van der Waals surface area contributed by atoms with E-state index in [0.29, 0.717) is 13.0 Å². The van der Waals surface area contributed by atoms with Crippen LogP contribution in [-0.2, 0) is 4.79 Å². The lowest BCUT2D eigenvalue weighted by Crippen LogP contribution is -2.39. The number of aliphatic hydroxyl groups is 2. The third-order valence-corrected chi connectivity index (χ3v) is 8.19. The van der Waals surface area contributed by atoms with Gasteiger partial charge in [-0.1, -0.05) is 167 Å². The van der Waals surface area contributed by atoms with Gasteiger partial charge in [-0.05, 0) is 25.7 Å². The van der Waals surface area contributed by atoms with Crippen LogP contribution >= 0.6 is 0 Å². The molecular formula is C36H71NO3. The Morgan fingerprint density at radius 1 is 0.575 bits per heavy atom. The molecule has 1 atom stereocenters. The lowest BCUT2D eigenvalue weighted by molar-refractivity contribution is -0.133. The Labute approximate surface area is 250 Å². The summed E-state index contributed by atoms with van der Waals surface area (Å²) in [6, 6.07) is 0. The van der Waals surface area contributed by atoms with Gasteiger partial charge < -0.3 is 15.1 Å². The number of nitrogens with zero attached hydrogens (tertiary/aromatic N) is 1. The van der Waals surface area contributed by atoms with Gasteiger partial charge in [-0.15, -0.1) is 0 Å². The molecule has 238 valence electrons. The zero-order chi connectivity index (χ0) is 29.4. The van der Waals surface area contributed by atoms with E-state index in [1.807, 2.05) is 0 Å². The van der Waals surface area contributed by atoms with E-state index < -0.39 is 6.10 Å². The molecule has 0 aromatic rings.